The Labute approximate surface area is 124 Å². The van der Waals surface area contributed by atoms with Crippen LogP contribution in [-0.4, -0.2) is 44.9 Å². The summed E-state index contributed by atoms with van der Waals surface area (Å²) in [6.45, 7) is 2.72. The van der Waals surface area contributed by atoms with Gasteiger partial charge in [-0.2, -0.15) is 0 Å². The van der Waals surface area contributed by atoms with Gasteiger partial charge in [0.25, 0.3) is 5.69 Å². The molecule has 2 atom stereocenters. The first-order valence-electron chi connectivity index (χ1n) is 6.25. The van der Waals surface area contributed by atoms with E-state index in [2.05, 4.69) is 4.74 Å². The van der Waals surface area contributed by atoms with Crippen molar-refractivity contribution in [2.24, 2.45) is 0 Å². The molecule has 0 heterocycles. The number of benzene rings is 1. The van der Waals surface area contributed by atoms with Crippen molar-refractivity contribution in [3.05, 3.63) is 38.9 Å². The minimum absolute atomic E-state index is 0.0307. The molecule has 0 spiro atoms. The molecule has 0 aromatic heterocycles. The van der Waals surface area contributed by atoms with E-state index in [0.29, 0.717) is 0 Å². The van der Waals surface area contributed by atoms with Crippen molar-refractivity contribution in [1.29, 1.82) is 0 Å². The number of carboxylic acids is 1. The summed E-state index contributed by atoms with van der Waals surface area (Å²) in [5.74, 6) is -2.55. The summed E-state index contributed by atoms with van der Waals surface area (Å²) < 4.78 is 4.53. The van der Waals surface area contributed by atoms with Gasteiger partial charge in [-0.1, -0.05) is 0 Å². The summed E-state index contributed by atoms with van der Waals surface area (Å²) in [5, 5.41) is 39.6. The average molecular weight is 313 g/mol. The zero-order chi connectivity index (χ0) is 17.0. The van der Waals surface area contributed by atoms with Crippen LogP contribution in [0.3, 0.4) is 0 Å². The van der Waals surface area contributed by atoms with Gasteiger partial charge in [-0.15, -0.1) is 0 Å². The Morgan fingerprint density at radius 1 is 1.36 bits per heavy atom. The molecular formula is C13H15NO8. The molecule has 0 fully saturated rings. The summed E-state index contributed by atoms with van der Waals surface area (Å²) in [6.07, 6.45) is -3.83. The third-order valence-electron chi connectivity index (χ3n) is 3.00. The van der Waals surface area contributed by atoms with Gasteiger partial charge in [0, 0.05) is 11.6 Å². The smallest absolute Gasteiger partial charge is 0.338 e. The minimum Gasteiger partial charge on any atom is -0.478 e. The van der Waals surface area contributed by atoms with Crippen LogP contribution in [0.15, 0.2) is 12.1 Å². The Morgan fingerprint density at radius 2 is 1.95 bits per heavy atom. The van der Waals surface area contributed by atoms with E-state index in [1.807, 2.05) is 0 Å². The van der Waals surface area contributed by atoms with Crippen LogP contribution in [0.25, 0.3) is 0 Å². The lowest BCUT2D eigenvalue weighted by molar-refractivity contribution is -0.385. The number of aromatic carboxylic acids is 1. The van der Waals surface area contributed by atoms with Gasteiger partial charge in [0.05, 0.1) is 17.1 Å². The number of hydrogen-bond acceptors (Lipinski definition) is 7. The minimum atomic E-state index is -1.98. The van der Waals surface area contributed by atoms with Gasteiger partial charge in [0.1, 0.15) is 6.10 Å². The number of carboxylic acid groups (broad SMARTS) is 1. The molecule has 0 saturated heterocycles. The summed E-state index contributed by atoms with van der Waals surface area (Å²) in [7, 11) is 0. The summed E-state index contributed by atoms with van der Waals surface area (Å²) in [6, 6.07) is 1.88. The number of hydrogen-bond donors (Lipinski definition) is 3. The number of carbonyl (C=O) groups excluding carboxylic acids is 1. The van der Waals surface area contributed by atoms with E-state index in [9.17, 15) is 29.9 Å². The molecule has 1 aromatic carbocycles. The summed E-state index contributed by atoms with van der Waals surface area (Å²) >= 11 is 0. The number of nitro benzene ring substituents is 1. The highest BCUT2D eigenvalue weighted by Gasteiger charge is 2.30. The second-order valence-corrected chi connectivity index (χ2v) is 4.42. The number of aliphatic hydroxyl groups excluding tert-OH is 2. The molecule has 1 rings (SSSR count). The standard InChI is InChI=1S/C13H15NO8/c1-3-22-13(19)11(16)10(15)7-4-8(12(17)18)6(2)9(5-7)14(20)21/h4-5,10-11,15-16H,3H2,1-2H3,(H,17,18). The maximum absolute atomic E-state index is 11.4. The number of nitrogens with zero attached hydrogens (tertiary/aromatic N) is 1. The fourth-order valence-electron chi connectivity index (χ4n) is 1.84. The van der Waals surface area contributed by atoms with Gasteiger partial charge in [0.15, 0.2) is 6.10 Å². The molecule has 0 amide bonds. The van der Waals surface area contributed by atoms with Crippen molar-refractivity contribution in [1.82, 2.24) is 0 Å². The van der Waals surface area contributed by atoms with Crippen LogP contribution in [0.2, 0.25) is 0 Å². The molecule has 9 heteroatoms. The summed E-state index contributed by atoms with van der Waals surface area (Å²) in [4.78, 5) is 32.6. The maximum atomic E-state index is 11.4. The lowest BCUT2D eigenvalue weighted by atomic mass is 9.97. The van der Waals surface area contributed by atoms with Crippen molar-refractivity contribution in [2.45, 2.75) is 26.1 Å². The van der Waals surface area contributed by atoms with Crippen molar-refractivity contribution in [3.8, 4) is 0 Å². The Kier molecular flexibility index (Phi) is 5.55. The number of aliphatic hydroxyl groups is 2. The molecular weight excluding hydrogens is 298 g/mol. The third-order valence-corrected chi connectivity index (χ3v) is 3.00. The zero-order valence-electron chi connectivity index (χ0n) is 11.8. The van der Waals surface area contributed by atoms with Crippen molar-refractivity contribution < 1.29 is 34.6 Å². The molecule has 2 unspecified atom stereocenters. The number of nitro groups is 1. The molecule has 0 bridgehead atoms. The fourth-order valence-corrected chi connectivity index (χ4v) is 1.84. The summed E-state index contributed by atoms with van der Waals surface area (Å²) in [5.41, 5.74) is -1.31. The highest BCUT2D eigenvalue weighted by atomic mass is 16.6. The normalized spacial score (nSPS) is 13.3. The molecule has 3 N–H and O–H groups in total. The van der Waals surface area contributed by atoms with Gasteiger partial charge in [-0.3, -0.25) is 10.1 Å². The predicted molar refractivity (Wildman–Crippen MR) is 72.4 cm³/mol. The van der Waals surface area contributed by atoms with Gasteiger partial charge >= 0.3 is 11.9 Å². The Balaban J connectivity index is 3.32. The van der Waals surface area contributed by atoms with Crippen LogP contribution in [0.1, 0.15) is 34.5 Å². The van der Waals surface area contributed by atoms with Gasteiger partial charge in [0.2, 0.25) is 0 Å². The largest absolute Gasteiger partial charge is 0.478 e. The van der Waals surface area contributed by atoms with E-state index >= 15 is 0 Å². The van der Waals surface area contributed by atoms with Crippen LogP contribution in [-0.2, 0) is 9.53 Å². The molecule has 9 nitrogen and oxygen atoms in total. The van der Waals surface area contributed by atoms with Gasteiger partial charge < -0.3 is 20.1 Å². The van der Waals surface area contributed by atoms with E-state index in [-0.39, 0.29) is 17.7 Å². The van der Waals surface area contributed by atoms with E-state index in [1.165, 1.54) is 13.8 Å². The monoisotopic (exact) mass is 313 g/mol. The lowest BCUT2D eigenvalue weighted by Gasteiger charge is -2.17. The van der Waals surface area contributed by atoms with E-state index in [0.717, 1.165) is 12.1 Å². The highest BCUT2D eigenvalue weighted by molar-refractivity contribution is 5.91. The Morgan fingerprint density at radius 3 is 2.41 bits per heavy atom. The van der Waals surface area contributed by atoms with Crippen LogP contribution in [0, 0.1) is 17.0 Å². The molecule has 120 valence electrons. The van der Waals surface area contributed by atoms with Crippen molar-refractivity contribution in [2.75, 3.05) is 6.61 Å². The topological polar surface area (TPSA) is 147 Å². The number of esters is 1. The fraction of sp³-hybridized carbons (Fsp3) is 0.385. The molecule has 0 saturated carbocycles. The Hall–Kier alpha value is -2.52. The quantitative estimate of drug-likeness (QED) is 0.392. The van der Waals surface area contributed by atoms with Crippen LogP contribution in [0.4, 0.5) is 5.69 Å². The number of rotatable bonds is 6. The molecule has 1 aromatic rings. The Bertz CT molecular complexity index is 577. The highest BCUT2D eigenvalue weighted by Crippen LogP contribution is 2.28. The van der Waals surface area contributed by atoms with E-state index in [1.54, 1.807) is 0 Å². The lowest BCUT2D eigenvalue weighted by Crippen LogP contribution is -2.30. The number of ether oxygens (including phenoxy) is 1. The second kappa shape index (κ2) is 6.96. The van der Waals surface area contributed by atoms with Crippen molar-refractivity contribution >= 4 is 17.6 Å². The number of carbonyl (C=O) groups is 2. The SMILES string of the molecule is CCOC(=O)C(O)C(O)c1cc(C(=O)O)c(C)c([N+](=O)[O-])c1. The predicted octanol–water partition coefficient (Wildman–Crippen LogP) is 0.559. The molecule has 0 radical (unpaired) electrons. The van der Waals surface area contributed by atoms with Crippen LogP contribution < -0.4 is 0 Å². The van der Waals surface area contributed by atoms with Crippen LogP contribution in [0.5, 0.6) is 0 Å². The van der Waals surface area contributed by atoms with Gasteiger partial charge in [-0.25, -0.2) is 9.59 Å². The maximum Gasteiger partial charge on any atom is 0.338 e. The van der Waals surface area contributed by atoms with Gasteiger partial charge in [-0.05, 0) is 25.5 Å². The van der Waals surface area contributed by atoms with Crippen LogP contribution >= 0.6 is 0 Å². The first-order chi connectivity index (χ1) is 10.2. The molecule has 0 aliphatic heterocycles. The first-order valence-corrected chi connectivity index (χ1v) is 6.25. The first kappa shape index (κ1) is 17.5. The second-order valence-electron chi connectivity index (χ2n) is 4.42. The van der Waals surface area contributed by atoms with E-state index < -0.39 is 40.3 Å². The van der Waals surface area contributed by atoms with Crippen molar-refractivity contribution in [3.63, 3.8) is 0 Å². The molecule has 0 aliphatic carbocycles. The molecule has 0 aliphatic rings. The average Bonchev–Trinajstić information content (AvgIpc) is 2.45. The third kappa shape index (κ3) is 3.57. The zero-order valence-corrected chi connectivity index (χ0v) is 11.8. The van der Waals surface area contributed by atoms with E-state index in [4.69, 9.17) is 5.11 Å². The molecule has 22 heavy (non-hydrogen) atoms.